The van der Waals surface area contributed by atoms with Gasteiger partial charge in [-0.05, 0) is 53.9 Å². The Hall–Kier alpha value is -1.69. The summed E-state index contributed by atoms with van der Waals surface area (Å²) >= 11 is 3.15. The van der Waals surface area contributed by atoms with Crippen molar-refractivity contribution in [2.24, 2.45) is 0 Å². The van der Waals surface area contributed by atoms with E-state index in [9.17, 15) is 4.39 Å². The topological polar surface area (TPSA) is 47.0 Å². The van der Waals surface area contributed by atoms with Gasteiger partial charge in [-0.3, -0.25) is 0 Å². The highest BCUT2D eigenvalue weighted by Crippen LogP contribution is 2.39. The molecule has 0 aliphatic heterocycles. The van der Waals surface area contributed by atoms with Crippen LogP contribution in [-0.2, 0) is 0 Å². The van der Waals surface area contributed by atoms with Crippen LogP contribution < -0.4 is 10.1 Å². The normalized spacial score (nSPS) is 14.0. The summed E-state index contributed by atoms with van der Waals surface area (Å²) in [5.41, 5.74) is 0. The average Bonchev–Trinajstić information content (AvgIpc) is 3.28. The van der Waals surface area contributed by atoms with Crippen LogP contribution in [0.4, 0.5) is 10.2 Å². The third kappa shape index (κ3) is 3.50. The molecule has 2 aromatic rings. The number of halogens is 2. The summed E-state index contributed by atoms with van der Waals surface area (Å²) in [6, 6.07) is 6.27. The lowest BCUT2D eigenvalue weighted by atomic mass is 10.3. The molecule has 4 nitrogen and oxygen atoms in total. The van der Waals surface area contributed by atoms with Crippen molar-refractivity contribution in [1.29, 1.82) is 0 Å². The Balaban J connectivity index is 1.87. The molecule has 0 bridgehead atoms. The number of hydrogen-bond donors (Lipinski definition) is 1. The summed E-state index contributed by atoms with van der Waals surface area (Å²) < 4.78 is 19.3. The van der Waals surface area contributed by atoms with E-state index in [0.717, 1.165) is 31.0 Å². The number of hydrogen-bond acceptors (Lipinski definition) is 4. The zero-order chi connectivity index (χ0) is 14.8. The fourth-order valence-corrected chi connectivity index (χ4v) is 2.31. The van der Waals surface area contributed by atoms with E-state index in [1.807, 2.05) is 6.92 Å². The second-order valence-corrected chi connectivity index (χ2v) is 5.79. The molecule has 0 amide bonds. The van der Waals surface area contributed by atoms with Crippen LogP contribution in [0.5, 0.6) is 11.6 Å². The largest absolute Gasteiger partial charge is 0.439 e. The smallest absolute Gasteiger partial charge is 0.224 e. The van der Waals surface area contributed by atoms with Crippen molar-refractivity contribution in [2.45, 2.75) is 25.7 Å². The van der Waals surface area contributed by atoms with Gasteiger partial charge >= 0.3 is 0 Å². The van der Waals surface area contributed by atoms with Crippen LogP contribution in [0.2, 0.25) is 0 Å². The number of ether oxygens (including phenoxy) is 1. The minimum atomic E-state index is -0.322. The fourth-order valence-electron chi connectivity index (χ4n) is 1.95. The molecule has 0 saturated heterocycles. The second-order valence-electron chi connectivity index (χ2n) is 4.93. The van der Waals surface area contributed by atoms with E-state index in [-0.39, 0.29) is 5.82 Å². The first-order valence-corrected chi connectivity index (χ1v) is 7.70. The van der Waals surface area contributed by atoms with Crippen molar-refractivity contribution >= 4 is 21.7 Å². The molecule has 0 atom stereocenters. The van der Waals surface area contributed by atoms with Gasteiger partial charge in [0.1, 0.15) is 23.2 Å². The van der Waals surface area contributed by atoms with Gasteiger partial charge in [-0.25, -0.2) is 9.37 Å². The summed E-state index contributed by atoms with van der Waals surface area (Å²) in [6.07, 6.45) is 2.24. The van der Waals surface area contributed by atoms with E-state index in [4.69, 9.17) is 4.74 Å². The van der Waals surface area contributed by atoms with Gasteiger partial charge in [0.05, 0.1) is 4.47 Å². The Labute approximate surface area is 130 Å². The molecule has 1 saturated carbocycles. The first kappa shape index (κ1) is 14.3. The minimum absolute atomic E-state index is 0.322. The van der Waals surface area contributed by atoms with Gasteiger partial charge in [0.2, 0.25) is 5.88 Å². The lowest BCUT2D eigenvalue weighted by Crippen LogP contribution is -2.04. The van der Waals surface area contributed by atoms with Crippen LogP contribution in [-0.4, -0.2) is 16.5 Å². The molecule has 0 radical (unpaired) electrons. The predicted molar refractivity (Wildman–Crippen MR) is 82.3 cm³/mol. The maximum atomic E-state index is 13.2. The molecule has 3 rings (SSSR count). The van der Waals surface area contributed by atoms with Crippen LogP contribution in [0.15, 0.2) is 28.7 Å². The number of anilines is 1. The third-order valence-electron chi connectivity index (χ3n) is 3.13. The van der Waals surface area contributed by atoms with Gasteiger partial charge in [0.25, 0.3) is 0 Å². The molecule has 1 fully saturated rings. The molecule has 6 heteroatoms. The van der Waals surface area contributed by atoms with Crippen molar-refractivity contribution in [3.05, 3.63) is 40.4 Å². The van der Waals surface area contributed by atoms with Gasteiger partial charge < -0.3 is 10.1 Å². The fraction of sp³-hybridized carbons (Fsp3) is 0.333. The highest BCUT2D eigenvalue weighted by atomic mass is 79.9. The third-order valence-corrected chi connectivity index (χ3v) is 3.74. The lowest BCUT2D eigenvalue weighted by molar-refractivity contribution is 0.456. The molecule has 1 aliphatic carbocycles. The summed E-state index contributed by atoms with van der Waals surface area (Å²) in [5, 5.41) is 3.18. The van der Waals surface area contributed by atoms with Gasteiger partial charge in [0, 0.05) is 18.5 Å². The van der Waals surface area contributed by atoms with E-state index in [0.29, 0.717) is 22.0 Å². The maximum Gasteiger partial charge on any atom is 0.224 e. The molecule has 110 valence electrons. The Bertz CT molecular complexity index is 661. The Morgan fingerprint density at radius 1 is 1.33 bits per heavy atom. The molecule has 1 N–H and O–H groups in total. The van der Waals surface area contributed by atoms with E-state index >= 15 is 0 Å². The number of nitrogens with one attached hydrogen (secondary N) is 1. The first-order valence-electron chi connectivity index (χ1n) is 6.91. The van der Waals surface area contributed by atoms with Gasteiger partial charge in [-0.2, -0.15) is 4.98 Å². The summed E-state index contributed by atoms with van der Waals surface area (Å²) in [5.74, 6) is 2.69. The monoisotopic (exact) mass is 351 g/mol. The lowest BCUT2D eigenvalue weighted by Gasteiger charge is -2.10. The van der Waals surface area contributed by atoms with Crippen LogP contribution in [0.25, 0.3) is 0 Å². The molecule has 21 heavy (non-hydrogen) atoms. The predicted octanol–water partition coefficient (Wildman–Crippen LogP) is 4.48. The van der Waals surface area contributed by atoms with Crippen molar-refractivity contribution in [3.63, 3.8) is 0 Å². The molecule has 1 aliphatic rings. The van der Waals surface area contributed by atoms with Crippen molar-refractivity contribution in [2.75, 3.05) is 11.9 Å². The van der Waals surface area contributed by atoms with Crippen molar-refractivity contribution in [3.8, 4) is 11.6 Å². The minimum Gasteiger partial charge on any atom is -0.439 e. The van der Waals surface area contributed by atoms with Crippen LogP contribution >= 0.6 is 15.9 Å². The molecule has 1 heterocycles. The second kappa shape index (κ2) is 5.97. The standard InChI is InChI=1S/C15H15BrFN3O/c1-2-18-13-8-14(20-15(19-13)9-3-4-9)21-10-5-6-12(17)11(16)7-10/h5-9H,2-4H2,1H3,(H,18,19,20). The Morgan fingerprint density at radius 3 is 2.81 bits per heavy atom. The number of aromatic nitrogens is 2. The van der Waals surface area contributed by atoms with E-state index in [1.165, 1.54) is 6.07 Å². The summed E-state index contributed by atoms with van der Waals surface area (Å²) in [6.45, 7) is 2.79. The van der Waals surface area contributed by atoms with Crippen LogP contribution in [0.1, 0.15) is 31.5 Å². The quantitative estimate of drug-likeness (QED) is 0.862. The zero-order valence-electron chi connectivity index (χ0n) is 11.6. The summed E-state index contributed by atoms with van der Waals surface area (Å²) in [7, 11) is 0. The zero-order valence-corrected chi connectivity index (χ0v) is 13.2. The Morgan fingerprint density at radius 2 is 2.14 bits per heavy atom. The van der Waals surface area contributed by atoms with Crippen LogP contribution in [0.3, 0.4) is 0 Å². The molecule has 0 unspecified atom stereocenters. The van der Waals surface area contributed by atoms with E-state index in [1.54, 1.807) is 18.2 Å². The molecule has 0 spiro atoms. The molecular weight excluding hydrogens is 337 g/mol. The van der Waals surface area contributed by atoms with Crippen LogP contribution in [0, 0.1) is 5.82 Å². The van der Waals surface area contributed by atoms with E-state index < -0.39 is 0 Å². The van der Waals surface area contributed by atoms with E-state index in [2.05, 4.69) is 31.2 Å². The van der Waals surface area contributed by atoms with Gasteiger partial charge in [-0.1, -0.05) is 0 Å². The Kier molecular flexibility index (Phi) is 4.05. The molecule has 1 aromatic carbocycles. The molecular formula is C15H15BrFN3O. The number of rotatable bonds is 5. The highest BCUT2D eigenvalue weighted by molar-refractivity contribution is 9.10. The highest BCUT2D eigenvalue weighted by Gasteiger charge is 2.27. The SMILES string of the molecule is CCNc1cc(Oc2ccc(F)c(Br)c2)nc(C2CC2)n1. The van der Waals surface area contributed by atoms with Gasteiger partial charge in [-0.15, -0.1) is 0 Å². The van der Waals surface area contributed by atoms with Crippen molar-refractivity contribution in [1.82, 2.24) is 9.97 Å². The molecule has 1 aromatic heterocycles. The first-order chi connectivity index (χ1) is 10.2. The van der Waals surface area contributed by atoms with Crippen molar-refractivity contribution < 1.29 is 9.13 Å². The number of benzene rings is 1. The summed E-state index contributed by atoms with van der Waals surface area (Å²) in [4.78, 5) is 8.93. The maximum absolute atomic E-state index is 13.2. The average molecular weight is 352 g/mol. The number of nitrogens with zero attached hydrogens (tertiary/aromatic N) is 2. The van der Waals surface area contributed by atoms with Gasteiger partial charge in [0.15, 0.2) is 0 Å².